The normalized spacial score (nSPS) is 16.0. The molecule has 1 rings (SSSR count). The number of allylic oxidation sites excluding steroid dienone is 9. The van der Waals surface area contributed by atoms with E-state index < -0.39 is 36.4 Å². The number of carbonyl (C=O) groups is 4. The highest BCUT2D eigenvalue weighted by molar-refractivity contribution is 5.88. The van der Waals surface area contributed by atoms with Gasteiger partial charge in [0.2, 0.25) is 0 Å². The van der Waals surface area contributed by atoms with E-state index >= 15 is 0 Å². The summed E-state index contributed by atoms with van der Waals surface area (Å²) in [6, 6.07) is 0. The van der Waals surface area contributed by atoms with Gasteiger partial charge < -0.3 is 30.1 Å². The number of esters is 1. The smallest absolute Gasteiger partial charge is 0.336 e. The Labute approximate surface area is 249 Å². The van der Waals surface area contributed by atoms with Crippen molar-refractivity contribution in [3.63, 3.8) is 0 Å². The van der Waals surface area contributed by atoms with Crippen LogP contribution in [0.3, 0.4) is 0 Å². The maximum absolute atomic E-state index is 11.9. The molecule has 0 aromatic rings. The van der Waals surface area contributed by atoms with Crippen LogP contribution in [0, 0.1) is 5.41 Å². The van der Waals surface area contributed by atoms with Crippen molar-refractivity contribution < 1.29 is 44.3 Å². The van der Waals surface area contributed by atoms with Gasteiger partial charge in [0.25, 0.3) is 0 Å². The summed E-state index contributed by atoms with van der Waals surface area (Å²) < 4.78 is 5.29. The molecule has 42 heavy (non-hydrogen) atoms. The van der Waals surface area contributed by atoms with Gasteiger partial charge in [0.05, 0.1) is 12.8 Å². The molecule has 1 aliphatic carbocycles. The molecule has 0 bridgehead atoms. The van der Waals surface area contributed by atoms with Gasteiger partial charge in [-0.05, 0) is 69.7 Å². The summed E-state index contributed by atoms with van der Waals surface area (Å²) in [4.78, 5) is 44.6. The first-order chi connectivity index (χ1) is 19.5. The highest BCUT2D eigenvalue weighted by Gasteiger charge is 2.40. The number of rotatable bonds is 15. The number of aliphatic hydroxyl groups is 1. The Morgan fingerprint density at radius 2 is 1.55 bits per heavy atom. The molecule has 10 nitrogen and oxygen atoms in total. The first-order valence-corrected chi connectivity index (χ1v) is 14.2. The Kier molecular flexibility index (Phi) is 17.3. The van der Waals surface area contributed by atoms with Crippen LogP contribution in [0.25, 0.3) is 0 Å². The standard InChI is InChI=1S/C26H41NO2.C6H8O7/c1-8-27(9-2)18-19-29-25(28)20-22(4)13-10-12-21(3)15-16-24-23(5)14-11-17-26(24,6)7;7-3(8)1-6(13,5(11)12)2-4(9)10/h10,12-13,15-16,20H,8-9,11,14,17-19H2,1-7H3;13H,1-2H2,(H,7,8)(H,9,10)(H,11,12)/b13-10+,16-15+,21-12-,22-20-;. The van der Waals surface area contributed by atoms with Crippen molar-refractivity contribution in [2.24, 2.45) is 5.41 Å². The summed E-state index contributed by atoms with van der Waals surface area (Å²) in [5.41, 5.74) is 2.59. The Bertz CT molecular complexity index is 1070. The monoisotopic (exact) mass is 591 g/mol. The first kappa shape index (κ1) is 38.5. The maximum Gasteiger partial charge on any atom is 0.336 e. The van der Waals surface area contributed by atoms with E-state index in [-0.39, 0.29) is 11.4 Å². The number of carboxylic acids is 3. The van der Waals surface area contributed by atoms with Crippen molar-refractivity contribution in [2.75, 3.05) is 26.2 Å². The van der Waals surface area contributed by atoms with Gasteiger partial charge in [0, 0.05) is 12.6 Å². The Morgan fingerprint density at radius 1 is 0.976 bits per heavy atom. The third-order valence-electron chi connectivity index (χ3n) is 6.95. The van der Waals surface area contributed by atoms with Gasteiger partial charge in [0.1, 0.15) is 6.61 Å². The van der Waals surface area contributed by atoms with E-state index in [1.54, 1.807) is 6.08 Å². The van der Waals surface area contributed by atoms with Gasteiger partial charge in [-0.2, -0.15) is 0 Å². The van der Waals surface area contributed by atoms with Crippen LogP contribution in [0.4, 0.5) is 0 Å². The highest BCUT2D eigenvalue weighted by atomic mass is 16.5. The minimum absolute atomic E-state index is 0.264. The summed E-state index contributed by atoms with van der Waals surface area (Å²) in [5.74, 6) is -5.29. The number of carbonyl (C=O) groups excluding carboxylic acids is 1. The van der Waals surface area contributed by atoms with E-state index in [1.807, 2.05) is 19.1 Å². The molecule has 10 heteroatoms. The van der Waals surface area contributed by atoms with E-state index in [4.69, 9.17) is 25.2 Å². The van der Waals surface area contributed by atoms with E-state index in [2.05, 4.69) is 64.7 Å². The topological polar surface area (TPSA) is 162 Å². The van der Waals surface area contributed by atoms with Crippen molar-refractivity contribution in [2.45, 2.75) is 86.2 Å². The summed E-state index contributed by atoms with van der Waals surface area (Å²) in [5, 5.41) is 33.8. The van der Waals surface area contributed by atoms with Crippen molar-refractivity contribution >= 4 is 23.9 Å². The van der Waals surface area contributed by atoms with Crippen LogP contribution in [-0.4, -0.2) is 81.0 Å². The third-order valence-corrected chi connectivity index (χ3v) is 6.95. The lowest BCUT2D eigenvalue weighted by atomic mass is 9.72. The van der Waals surface area contributed by atoms with Crippen LogP contribution in [0.15, 0.2) is 58.7 Å². The summed E-state index contributed by atoms with van der Waals surface area (Å²) in [7, 11) is 0. The van der Waals surface area contributed by atoms with Crippen molar-refractivity contribution in [3.8, 4) is 0 Å². The predicted octanol–water partition coefficient (Wildman–Crippen LogP) is 5.15. The molecule has 0 spiro atoms. The third kappa shape index (κ3) is 15.5. The molecule has 1 aliphatic rings. The van der Waals surface area contributed by atoms with Crippen LogP contribution in [0.5, 0.6) is 0 Å². The number of nitrogens with zero attached hydrogens (tertiary/aromatic N) is 1. The Morgan fingerprint density at radius 3 is 2.02 bits per heavy atom. The van der Waals surface area contributed by atoms with Crippen LogP contribution in [-0.2, 0) is 23.9 Å². The Hall–Kier alpha value is -3.50. The molecular weight excluding hydrogens is 542 g/mol. The van der Waals surface area contributed by atoms with Crippen LogP contribution in [0.2, 0.25) is 0 Å². The second-order valence-corrected chi connectivity index (χ2v) is 11.1. The summed E-state index contributed by atoms with van der Waals surface area (Å²) >= 11 is 0. The van der Waals surface area contributed by atoms with Crippen LogP contribution in [0.1, 0.15) is 80.6 Å². The minimum atomic E-state index is -2.74. The number of hydrogen-bond acceptors (Lipinski definition) is 7. The SMILES string of the molecule is CCN(CC)CCOC(=O)\C=C(C)/C=C/C=C(C)\C=C\C1=C(C)CCCC1(C)C.O=C(O)CC(O)(CC(=O)O)C(=O)O. The average Bonchev–Trinajstić information content (AvgIpc) is 2.85. The molecule has 0 fully saturated rings. The second-order valence-electron chi connectivity index (χ2n) is 11.1. The molecule has 236 valence electrons. The van der Waals surface area contributed by atoms with Crippen molar-refractivity contribution in [3.05, 3.63) is 58.7 Å². The number of carboxylic acid groups (broad SMARTS) is 3. The fraction of sp³-hybridized carbons (Fsp3) is 0.562. The van der Waals surface area contributed by atoms with Gasteiger partial charge in [0.15, 0.2) is 5.60 Å². The fourth-order valence-electron chi connectivity index (χ4n) is 4.44. The lowest BCUT2D eigenvalue weighted by Gasteiger charge is -2.32. The number of ether oxygens (including phenoxy) is 1. The zero-order valence-corrected chi connectivity index (χ0v) is 26.1. The fourth-order valence-corrected chi connectivity index (χ4v) is 4.44. The molecule has 4 N–H and O–H groups in total. The first-order valence-electron chi connectivity index (χ1n) is 14.2. The number of likely N-dealkylation sites (N-methyl/N-ethyl adjacent to an activating group) is 1. The predicted molar refractivity (Wildman–Crippen MR) is 162 cm³/mol. The van der Waals surface area contributed by atoms with E-state index in [1.165, 1.54) is 36.0 Å². The summed E-state index contributed by atoms with van der Waals surface area (Å²) in [6.07, 6.45) is 13.5. The molecule has 0 aromatic heterocycles. The van der Waals surface area contributed by atoms with Crippen molar-refractivity contribution in [1.29, 1.82) is 0 Å². The Balaban J connectivity index is 0.00000108. The lowest BCUT2D eigenvalue weighted by molar-refractivity contribution is -0.170. The van der Waals surface area contributed by atoms with Gasteiger partial charge in [-0.1, -0.05) is 69.2 Å². The molecule has 0 saturated heterocycles. The van der Waals surface area contributed by atoms with Gasteiger partial charge in [-0.25, -0.2) is 9.59 Å². The summed E-state index contributed by atoms with van der Waals surface area (Å²) in [6.45, 7) is 18.3. The van der Waals surface area contributed by atoms with Crippen molar-refractivity contribution in [1.82, 2.24) is 4.90 Å². The molecule has 0 aromatic carbocycles. The van der Waals surface area contributed by atoms with Gasteiger partial charge >= 0.3 is 23.9 Å². The zero-order valence-electron chi connectivity index (χ0n) is 26.1. The van der Waals surface area contributed by atoms with E-state index in [0.29, 0.717) is 6.61 Å². The zero-order chi connectivity index (χ0) is 32.5. The molecule has 0 aliphatic heterocycles. The van der Waals surface area contributed by atoms with Gasteiger partial charge in [-0.3, -0.25) is 9.59 Å². The van der Waals surface area contributed by atoms with E-state index in [9.17, 15) is 19.2 Å². The molecule has 0 saturated carbocycles. The van der Waals surface area contributed by atoms with Crippen LogP contribution >= 0.6 is 0 Å². The molecular formula is C32H49NO9. The number of aliphatic carboxylic acids is 3. The van der Waals surface area contributed by atoms with Gasteiger partial charge in [-0.15, -0.1) is 0 Å². The maximum atomic E-state index is 11.9. The lowest BCUT2D eigenvalue weighted by Crippen LogP contribution is -2.42. The molecule has 0 atom stereocenters. The minimum Gasteiger partial charge on any atom is -0.481 e. The highest BCUT2D eigenvalue weighted by Crippen LogP contribution is 2.40. The largest absolute Gasteiger partial charge is 0.481 e. The second kappa shape index (κ2) is 18.8. The van der Waals surface area contributed by atoms with Crippen LogP contribution < -0.4 is 0 Å². The number of hydrogen-bond donors (Lipinski definition) is 4. The molecule has 0 unspecified atom stereocenters. The molecule has 0 amide bonds. The average molecular weight is 592 g/mol. The van der Waals surface area contributed by atoms with E-state index in [0.717, 1.165) is 25.2 Å². The molecule has 0 heterocycles. The molecule has 0 radical (unpaired) electrons. The quantitative estimate of drug-likeness (QED) is 0.114.